The molecular weight excluding hydrogens is 266 g/mol. The van der Waals surface area contributed by atoms with Gasteiger partial charge in [0.2, 0.25) is 0 Å². The summed E-state index contributed by atoms with van der Waals surface area (Å²) in [5.41, 5.74) is 0.704. The first-order chi connectivity index (χ1) is 9.12. The van der Waals surface area contributed by atoms with Crippen LogP contribution >= 0.6 is 11.6 Å². The molecule has 4 nitrogen and oxygen atoms in total. The van der Waals surface area contributed by atoms with Crippen molar-refractivity contribution in [1.29, 1.82) is 0 Å². The van der Waals surface area contributed by atoms with Crippen molar-refractivity contribution in [3.8, 4) is 5.75 Å². The summed E-state index contributed by atoms with van der Waals surface area (Å²) in [6.45, 7) is 4.34. The zero-order valence-corrected chi connectivity index (χ0v) is 12.2. The molecule has 1 aromatic carbocycles. The number of rotatable bonds is 8. The van der Waals surface area contributed by atoms with Gasteiger partial charge in [-0.25, -0.2) is 0 Å². The molecule has 5 heteroatoms. The van der Waals surface area contributed by atoms with Gasteiger partial charge in [0.15, 0.2) is 0 Å². The number of aliphatic hydroxyl groups excluding tert-OH is 2. The molecule has 1 unspecified atom stereocenters. The number of aliphatic hydroxyl groups is 2. The van der Waals surface area contributed by atoms with Gasteiger partial charge in [0.05, 0.1) is 19.8 Å². The second kappa shape index (κ2) is 8.38. The summed E-state index contributed by atoms with van der Waals surface area (Å²) in [4.78, 5) is 2.08. The van der Waals surface area contributed by atoms with Gasteiger partial charge in [-0.1, -0.05) is 18.5 Å². The van der Waals surface area contributed by atoms with Crippen molar-refractivity contribution in [2.24, 2.45) is 0 Å². The molecule has 1 atom stereocenters. The largest absolute Gasteiger partial charge is 0.496 e. The van der Waals surface area contributed by atoms with Gasteiger partial charge in [0.1, 0.15) is 5.75 Å². The van der Waals surface area contributed by atoms with E-state index in [-0.39, 0.29) is 6.61 Å². The third kappa shape index (κ3) is 4.99. The van der Waals surface area contributed by atoms with Crippen molar-refractivity contribution in [1.82, 2.24) is 4.90 Å². The fourth-order valence-electron chi connectivity index (χ4n) is 2.00. The van der Waals surface area contributed by atoms with Crippen molar-refractivity contribution >= 4 is 11.6 Å². The first-order valence-electron chi connectivity index (χ1n) is 6.47. The minimum absolute atomic E-state index is 0.129. The monoisotopic (exact) mass is 287 g/mol. The molecule has 0 fully saturated rings. The molecule has 0 saturated carbocycles. The molecule has 0 spiro atoms. The Kier molecular flexibility index (Phi) is 7.16. The molecule has 2 N–H and O–H groups in total. The first kappa shape index (κ1) is 16.2. The van der Waals surface area contributed by atoms with E-state index in [4.69, 9.17) is 21.4 Å². The van der Waals surface area contributed by atoms with Crippen LogP contribution in [0.25, 0.3) is 0 Å². The van der Waals surface area contributed by atoms with Crippen molar-refractivity contribution in [2.75, 3.05) is 33.4 Å². The average molecular weight is 288 g/mol. The van der Waals surface area contributed by atoms with Gasteiger partial charge >= 0.3 is 0 Å². The average Bonchev–Trinajstić information content (AvgIpc) is 2.43. The maximum absolute atomic E-state index is 10.2. The second-order valence-corrected chi connectivity index (χ2v) is 4.79. The third-order valence-electron chi connectivity index (χ3n) is 3.13. The molecule has 0 aromatic heterocycles. The number of hydrogen-bond acceptors (Lipinski definition) is 4. The fourth-order valence-corrected chi connectivity index (χ4v) is 2.18. The zero-order chi connectivity index (χ0) is 14.3. The van der Waals surface area contributed by atoms with Gasteiger partial charge in [-0.05, 0) is 31.2 Å². The Morgan fingerprint density at radius 3 is 2.68 bits per heavy atom. The molecule has 19 heavy (non-hydrogen) atoms. The summed E-state index contributed by atoms with van der Waals surface area (Å²) >= 11 is 5.95. The number of benzene rings is 1. The molecule has 1 aromatic rings. The number of ether oxygens (including phenoxy) is 1. The van der Waals surface area contributed by atoms with E-state index in [0.717, 1.165) is 6.54 Å². The zero-order valence-electron chi connectivity index (χ0n) is 11.5. The van der Waals surface area contributed by atoms with Gasteiger partial charge in [-0.2, -0.15) is 0 Å². The minimum atomic E-state index is -0.624. The Morgan fingerprint density at radius 2 is 2.11 bits per heavy atom. The number of nitrogens with zero attached hydrogens (tertiary/aromatic N) is 1. The summed E-state index contributed by atoms with van der Waals surface area (Å²) in [6.07, 6.45) is -0.0498. The van der Waals surface area contributed by atoms with E-state index in [1.54, 1.807) is 25.3 Å². The predicted octanol–water partition coefficient (Wildman–Crippen LogP) is 2.09. The van der Waals surface area contributed by atoms with Gasteiger partial charge in [-0.3, -0.25) is 0 Å². The summed E-state index contributed by atoms with van der Waals surface area (Å²) < 4.78 is 5.23. The molecule has 0 radical (unpaired) electrons. The van der Waals surface area contributed by atoms with Crippen LogP contribution in [0.15, 0.2) is 18.2 Å². The van der Waals surface area contributed by atoms with E-state index in [1.165, 1.54) is 0 Å². The van der Waals surface area contributed by atoms with Crippen molar-refractivity contribution in [2.45, 2.75) is 19.4 Å². The van der Waals surface area contributed by atoms with E-state index < -0.39 is 6.10 Å². The van der Waals surface area contributed by atoms with E-state index in [0.29, 0.717) is 35.8 Å². The Balaban J connectivity index is 2.66. The van der Waals surface area contributed by atoms with Crippen LogP contribution in [-0.4, -0.2) is 48.5 Å². The number of halogens is 1. The lowest BCUT2D eigenvalue weighted by Crippen LogP contribution is -2.28. The lowest BCUT2D eigenvalue weighted by Gasteiger charge is -2.22. The summed E-state index contributed by atoms with van der Waals surface area (Å²) in [5.74, 6) is 0.641. The van der Waals surface area contributed by atoms with Crippen LogP contribution in [0.4, 0.5) is 0 Å². The van der Waals surface area contributed by atoms with E-state index in [1.807, 2.05) is 6.92 Å². The van der Waals surface area contributed by atoms with Crippen LogP contribution in [-0.2, 0) is 0 Å². The number of hydrogen-bond donors (Lipinski definition) is 2. The van der Waals surface area contributed by atoms with E-state index in [2.05, 4.69) is 4.90 Å². The van der Waals surface area contributed by atoms with Gasteiger partial charge in [0, 0.05) is 23.7 Å². The highest BCUT2D eigenvalue weighted by Gasteiger charge is 2.15. The highest BCUT2D eigenvalue weighted by molar-refractivity contribution is 6.30. The van der Waals surface area contributed by atoms with Crippen LogP contribution in [0.5, 0.6) is 5.75 Å². The van der Waals surface area contributed by atoms with Crippen molar-refractivity contribution in [3.05, 3.63) is 28.8 Å². The Hall–Kier alpha value is -0.810. The smallest absolute Gasteiger partial charge is 0.124 e. The lowest BCUT2D eigenvalue weighted by atomic mass is 10.1. The summed E-state index contributed by atoms with van der Waals surface area (Å²) in [5, 5.41) is 19.7. The molecule has 0 bridgehead atoms. The maximum Gasteiger partial charge on any atom is 0.124 e. The van der Waals surface area contributed by atoms with E-state index in [9.17, 15) is 5.11 Å². The topological polar surface area (TPSA) is 52.9 Å². The quantitative estimate of drug-likeness (QED) is 0.769. The number of likely N-dealkylation sites (N-methyl/N-ethyl adjacent to an activating group) is 1. The second-order valence-electron chi connectivity index (χ2n) is 4.35. The summed E-state index contributed by atoms with van der Waals surface area (Å²) in [7, 11) is 1.57. The normalized spacial score (nSPS) is 12.7. The molecular formula is C14H22ClNO3. The van der Waals surface area contributed by atoms with Crippen LogP contribution in [0.1, 0.15) is 25.0 Å². The molecule has 0 aliphatic carbocycles. The molecule has 0 aliphatic heterocycles. The van der Waals surface area contributed by atoms with Crippen LogP contribution in [0.2, 0.25) is 5.02 Å². The molecule has 0 heterocycles. The highest BCUT2D eigenvalue weighted by Crippen LogP contribution is 2.30. The van der Waals surface area contributed by atoms with Crippen LogP contribution in [0, 0.1) is 0 Å². The third-order valence-corrected chi connectivity index (χ3v) is 3.37. The molecule has 0 saturated heterocycles. The first-order valence-corrected chi connectivity index (χ1v) is 6.84. The van der Waals surface area contributed by atoms with Gasteiger partial charge in [-0.15, -0.1) is 0 Å². The minimum Gasteiger partial charge on any atom is -0.496 e. The SMILES string of the molecule is CCN(CCO)CCC(O)c1cc(Cl)ccc1OC. The Morgan fingerprint density at radius 1 is 1.37 bits per heavy atom. The lowest BCUT2D eigenvalue weighted by molar-refractivity contribution is 0.131. The van der Waals surface area contributed by atoms with Crippen molar-refractivity contribution in [3.63, 3.8) is 0 Å². The van der Waals surface area contributed by atoms with Crippen molar-refractivity contribution < 1.29 is 14.9 Å². The van der Waals surface area contributed by atoms with Gasteiger partial charge in [0.25, 0.3) is 0 Å². The van der Waals surface area contributed by atoms with Crippen LogP contribution in [0.3, 0.4) is 0 Å². The standard InChI is InChI=1S/C14H22ClNO3/c1-3-16(8-9-17)7-6-13(18)12-10-11(15)4-5-14(12)19-2/h4-5,10,13,17-18H,3,6-9H2,1-2H3. The molecule has 108 valence electrons. The number of methoxy groups -OCH3 is 1. The predicted molar refractivity (Wildman–Crippen MR) is 76.8 cm³/mol. The molecule has 0 amide bonds. The van der Waals surface area contributed by atoms with E-state index >= 15 is 0 Å². The Labute approximate surface area is 119 Å². The van der Waals surface area contributed by atoms with Crippen LogP contribution < -0.4 is 4.74 Å². The molecule has 0 aliphatic rings. The van der Waals surface area contributed by atoms with Gasteiger partial charge < -0.3 is 19.8 Å². The molecule has 1 rings (SSSR count). The Bertz CT molecular complexity index is 387. The fraction of sp³-hybridized carbons (Fsp3) is 0.571. The maximum atomic E-state index is 10.2. The highest BCUT2D eigenvalue weighted by atomic mass is 35.5. The summed E-state index contributed by atoms with van der Waals surface area (Å²) in [6, 6.07) is 5.22.